The Morgan fingerprint density at radius 2 is 0.548 bits per heavy atom. The fourth-order valence-corrected chi connectivity index (χ4v) is 12.8. The van der Waals surface area contributed by atoms with Gasteiger partial charge >= 0.3 is 39.5 Å². The van der Waals surface area contributed by atoms with Gasteiger partial charge < -0.3 is 33.8 Å². The molecule has 0 aliphatic carbocycles. The molecule has 0 aliphatic heterocycles. The minimum absolute atomic E-state index is 0.106. The number of unbranched alkanes of at least 4 members (excludes halogenated alkanes) is 42. The van der Waals surface area contributed by atoms with Gasteiger partial charge in [0.15, 0.2) is 12.2 Å². The van der Waals surface area contributed by atoms with E-state index < -0.39 is 97.5 Å². The van der Waals surface area contributed by atoms with Crippen molar-refractivity contribution >= 4 is 39.5 Å². The highest BCUT2D eigenvalue weighted by Gasteiger charge is 2.30. The van der Waals surface area contributed by atoms with E-state index in [9.17, 15) is 43.2 Å². The fraction of sp³-hybridized carbons (Fsp3) is 0.946. The average Bonchev–Trinajstić information content (AvgIpc) is 1.62. The number of rotatable bonds is 73. The van der Waals surface area contributed by atoms with Gasteiger partial charge in [-0.15, -0.1) is 0 Å². The van der Waals surface area contributed by atoms with Crippen LogP contribution in [0.2, 0.25) is 0 Å². The number of carbonyl (C=O) groups is 4. The van der Waals surface area contributed by atoms with Crippen LogP contribution in [0.4, 0.5) is 0 Å². The molecule has 0 radical (unpaired) electrons. The Morgan fingerprint density at radius 1 is 0.312 bits per heavy atom. The van der Waals surface area contributed by atoms with Crippen molar-refractivity contribution in [3.8, 4) is 0 Å². The number of hydrogen-bond acceptors (Lipinski definition) is 15. The maximum atomic E-state index is 13.1. The van der Waals surface area contributed by atoms with Crippen LogP contribution in [0.5, 0.6) is 0 Å². The zero-order valence-electron chi connectivity index (χ0n) is 60.6. The summed E-state index contributed by atoms with van der Waals surface area (Å²) in [7, 11) is -9.90. The number of aliphatic hydroxyl groups excluding tert-OH is 1. The lowest BCUT2D eigenvalue weighted by Gasteiger charge is -2.21. The molecule has 0 bridgehead atoms. The molecule has 0 spiro atoms. The van der Waals surface area contributed by atoms with E-state index in [0.717, 1.165) is 108 Å². The standard InChI is InChI=1S/C74H144O17P2/c1-7-10-12-14-15-16-17-18-19-20-24-29-34-39-45-51-57-72(77)85-63-70(91-74(79)58-52-46-40-35-30-25-22-21-23-28-33-38-44-49-55-67(6)9-3)65-89-93(82,83)87-61-68(75)60-86-92(80,81)88-64-69(62-84-71(76)56-50-42-13-11-8-2)90-73(78)59-53-47-41-36-31-26-27-32-37-43-48-54-66(4)5/h66-70,75H,7-65H2,1-6H3,(H,80,81)(H,82,83)/t67?,68-,69+,70+/m0/s1. The van der Waals surface area contributed by atoms with Crippen LogP contribution in [-0.2, 0) is 65.4 Å². The molecule has 552 valence electrons. The van der Waals surface area contributed by atoms with Gasteiger partial charge in [-0.1, -0.05) is 330 Å². The summed E-state index contributed by atoms with van der Waals surface area (Å²) in [6.07, 6.45) is 53.0. The summed E-state index contributed by atoms with van der Waals surface area (Å²) in [4.78, 5) is 72.5. The van der Waals surface area contributed by atoms with Crippen molar-refractivity contribution in [2.75, 3.05) is 39.6 Å². The van der Waals surface area contributed by atoms with E-state index >= 15 is 0 Å². The number of phosphoric ester groups is 2. The van der Waals surface area contributed by atoms with E-state index in [2.05, 4.69) is 41.5 Å². The molecule has 6 atom stereocenters. The molecular weight excluding hydrogens is 1220 g/mol. The SMILES string of the molecule is CCCCCCCCCCCCCCCCCCC(=O)OC[C@H](COP(=O)(O)OC[C@@H](O)COP(=O)(O)OC[C@@H](COC(=O)CCCCCCC)OC(=O)CCCCCCCCCCCCCC(C)C)OC(=O)CCCCCCCCCCCCCCCCC(C)CC. The molecular formula is C74H144O17P2. The molecule has 93 heavy (non-hydrogen) atoms. The van der Waals surface area contributed by atoms with Crippen LogP contribution in [0, 0.1) is 11.8 Å². The van der Waals surface area contributed by atoms with Gasteiger partial charge in [-0.2, -0.15) is 0 Å². The molecule has 0 heterocycles. The van der Waals surface area contributed by atoms with E-state index in [1.807, 2.05) is 0 Å². The first-order valence-corrected chi connectivity index (χ1v) is 41.5. The summed E-state index contributed by atoms with van der Waals surface area (Å²) in [6.45, 7) is 9.55. The van der Waals surface area contributed by atoms with Crippen molar-refractivity contribution < 1.29 is 80.2 Å². The Morgan fingerprint density at radius 3 is 0.817 bits per heavy atom. The van der Waals surface area contributed by atoms with Crippen LogP contribution >= 0.6 is 15.6 Å². The molecule has 0 aromatic carbocycles. The molecule has 19 heteroatoms. The van der Waals surface area contributed by atoms with Crippen LogP contribution in [0.25, 0.3) is 0 Å². The van der Waals surface area contributed by atoms with E-state index in [0.29, 0.717) is 25.7 Å². The summed E-state index contributed by atoms with van der Waals surface area (Å²) in [5, 5.41) is 10.6. The number of phosphoric acid groups is 2. The first-order valence-electron chi connectivity index (χ1n) is 38.5. The molecule has 0 aromatic heterocycles. The summed E-state index contributed by atoms with van der Waals surface area (Å²) in [5.41, 5.74) is 0. The summed E-state index contributed by atoms with van der Waals surface area (Å²) in [6, 6.07) is 0. The number of ether oxygens (including phenoxy) is 4. The van der Waals surface area contributed by atoms with Gasteiger partial charge in [0.2, 0.25) is 0 Å². The second-order valence-electron chi connectivity index (χ2n) is 27.4. The minimum Gasteiger partial charge on any atom is -0.462 e. The predicted molar refractivity (Wildman–Crippen MR) is 377 cm³/mol. The molecule has 0 fully saturated rings. The second-order valence-corrected chi connectivity index (χ2v) is 30.3. The van der Waals surface area contributed by atoms with Crippen molar-refractivity contribution in [3.63, 3.8) is 0 Å². The minimum atomic E-state index is -4.95. The largest absolute Gasteiger partial charge is 0.472 e. The van der Waals surface area contributed by atoms with Crippen molar-refractivity contribution in [2.45, 2.75) is 400 Å². The fourth-order valence-electron chi connectivity index (χ4n) is 11.3. The zero-order chi connectivity index (χ0) is 68.6. The Labute approximate surface area is 568 Å². The van der Waals surface area contributed by atoms with E-state index in [1.165, 1.54) is 193 Å². The van der Waals surface area contributed by atoms with Gasteiger partial charge in [-0.25, -0.2) is 9.13 Å². The van der Waals surface area contributed by atoms with Crippen LogP contribution in [0.15, 0.2) is 0 Å². The Kier molecular flexibility index (Phi) is 64.6. The molecule has 3 unspecified atom stereocenters. The lowest BCUT2D eigenvalue weighted by molar-refractivity contribution is -0.161. The quantitative estimate of drug-likeness (QED) is 0.0222. The van der Waals surface area contributed by atoms with Crippen molar-refractivity contribution in [2.24, 2.45) is 11.8 Å². The molecule has 0 rings (SSSR count). The first kappa shape index (κ1) is 91.1. The van der Waals surface area contributed by atoms with E-state index in [4.69, 9.17) is 37.0 Å². The highest BCUT2D eigenvalue weighted by atomic mass is 31.2. The van der Waals surface area contributed by atoms with Gasteiger partial charge in [-0.3, -0.25) is 37.3 Å². The Bertz CT molecular complexity index is 1810. The van der Waals surface area contributed by atoms with Crippen LogP contribution in [-0.4, -0.2) is 96.7 Å². The lowest BCUT2D eigenvalue weighted by Crippen LogP contribution is -2.30. The topological polar surface area (TPSA) is 237 Å². The van der Waals surface area contributed by atoms with Gasteiger partial charge in [-0.05, 0) is 37.5 Å². The number of esters is 4. The molecule has 0 aliphatic rings. The van der Waals surface area contributed by atoms with Gasteiger partial charge in [0.1, 0.15) is 19.3 Å². The number of hydrogen-bond donors (Lipinski definition) is 3. The highest BCUT2D eigenvalue weighted by molar-refractivity contribution is 7.47. The van der Waals surface area contributed by atoms with Crippen LogP contribution in [0.3, 0.4) is 0 Å². The predicted octanol–water partition coefficient (Wildman–Crippen LogP) is 21.6. The molecule has 3 N–H and O–H groups in total. The monoisotopic (exact) mass is 1370 g/mol. The van der Waals surface area contributed by atoms with E-state index in [-0.39, 0.29) is 25.7 Å². The number of aliphatic hydroxyl groups is 1. The van der Waals surface area contributed by atoms with Gasteiger partial charge in [0.05, 0.1) is 26.4 Å². The molecule has 0 aromatic rings. The number of carbonyl (C=O) groups excluding carboxylic acids is 4. The van der Waals surface area contributed by atoms with E-state index in [1.54, 1.807) is 0 Å². The maximum Gasteiger partial charge on any atom is 0.472 e. The smallest absolute Gasteiger partial charge is 0.462 e. The molecule has 0 saturated carbocycles. The van der Waals surface area contributed by atoms with Crippen LogP contribution in [0.1, 0.15) is 382 Å². The van der Waals surface area contributed by atoms with Gasteiger partial charge in [0, 0.05) is 25.7 Å². The third-order valence-electron chi connectivity index (χ3n) is 17.6. The molecule has 17 nitrogen and oxygen atoms in total. The maximum absolute atomic E-state index is 13.1. The molecule has 0 saturated heterocycles. The molecule has 0 amide bonds. The highest BCUT2D eigenvalue weighted by Crippen LogP contribution is 2.45. The Balaban J connectivity index is 5.15. The summed E-state index contributed by atoms with van der Waals surface area (Å²) >= 11 is 0. The van der Waals surface area contributed by atoms with Crippen molar-refractivity contribution in [3.05, 3.63) is 0 Å². The summed E-state index contributed by atoms with van der Waals surface area (Å²) < 4.78 is 68.2. The normalized spacial score (nSPS) is 14.3. The van der Waals surface area contributed by atoms with Crippen molar-refractivity contribution in [1.29, 1.82) is 0 Å². The lowest BCUT2D eigenvalue weighted by atomic mass is 9.99. The van der Waals surface area contributed by atoms with Gasteiger partial charge in [0.25, 0.3) is 0 Å². The Hall–Kier alpha value is -1.94. The third kappa shape index (κ3) is 67.0. The third-order valence-corrected chi connectivity index (χ3v) is 19.5. The van der Waals surface area contributed by atoms with Crippen LogP contribution < -0.4 is 0 Å². The average molecular weight is 1370 g/mol. The first-order chi connectivity index (χ1) is 44.9. The summed E-state index contributed by atoms with van der Waals surface area (Å²) in [5.74, 6) is -0.517. The zero-order valence-corrected chi connectivity index (χ0v) is 62.3. The second kappa shape index (κ2) is 66.0. The van der Waals surface area contributed by atoms with Crippen molar-refractivity contribution in [1.82, 2.24) is 0 Å².